The lowest BCUT2D eigenvalue weighted by atomic mass is 9.70. The van der Waals surface area contributed by atoms with Gasteiger partial charge >= 0.3 is 0 Å². The van der Waals surface area contributed by atoms with Gasteiger partial charge in [0.15, 0.2) is 0 Å². The first-order chi connectivity index (χ1) is 12.3. The average Bonchev–Trinajstić information content (AvgIpc) is 2.58. The second-order valence-corrected chi connectivity index (χ2v) is 9.75. The first kappa shape index (κ1) is 17.6. The summed E-state index contributed by atoms with van der Waals surface area (Å²) < 4.78 is 5.37. The quantitative estimate of drug-likeness (QED) is 0.685. The van der Waals surface area contributed by atoms with Gasteiger partial charge in [-0.15, -0.1) is 0 Å². The van der Waals surface area contributed by atoms with Crippen molar-refractivity contribution in [1.29, 1.82) is 0 Å². The van der Waals surface area contributed by atoms with Crippen molar-refractivity contribution in [3.8, 4) is 16.9 Å². The summed E-state index contributed by atoms with van der Waals surface area (Å²) in [5.41, 5.74) is 9.25. The standard InChI is InChI=1S/C24H31NO/c1-23(2)12-10-18-20(14-23)25-21-15-24(3,4)13-11-19(21)22(18)16-6-8-17(26-5)9-7-16/h6-9H,10-15H2,1-5H3. The molecule has 0 saturated heterocycles. The number of rotatable bonds is 2. The number of pyridine rings is 1. The third-order valence-corrected chi connectivity index (χ3v) is 6.34. The van der Waals surface area contributed by atoms with Crippen LogP contribution in [-0.4, -0.2) is 12.1 Å². The molecule has 1 heterocycles. The number of hydrogen-bond donors (Lipinski definition) is 0. The molecular formula is C24H31NO. The molecule has 0 spiro atoms. The van der Waals surface area contributed by atoms with Crippen LogP contribution in [0.25, 0.3) is 11.1 Å². The van der Waals surface area contributed by atoms with Crippen LogP contribution in [0, 0.1) is 10.8 Å². The van der Waals surface area contributed by atoms with Gasteiger partial charge in [0.1, 0.15) is 5.75 Å². The molecule has 0 fully saturated rings. The predicted octanol–water partition coefficient (Wildman–Crippen LogP) is 5.79. The fourth-order valence-corrected chi connectivity index (χ4v) is 4.72. The third kappa shape index (κ3) is 3.15. The van der Waals surface area contributed by atoms with Crippen molar-refractivity contribution in [3.63, 3.8) is 0 Å². The van der Waals surface area contributed by atoms with Crippen molar-refractivity contribution in [3.05, 3.63) is 46.8 Å². The molecule has 0 saturated carbocycles. The lowest BCUT2D eigenvalue weighted by Gasteiger charge is -2.37. The highest BCUT2D eigenvalue weighted by atomic mass is 16.5. The maximum Gasteiger partial charge on any atom is 0.118 e. The summed E-state index contributed by atoms with van der Waals surface area (Å²) in [5.74, 6) is 0.924. The molecule has 1 aromatic heterocycles. The molecule has 0 radical (unpaired) electrons. The van der Waals surface area contributed by atoms with E-state index < -0.39 is 0 Å². The minimum Gasteiger partial charge on any atom is -0.497 e. The van der Waals surface area contributed by atoms with Crippen LogP contribution < -0.4 is 4.74 Å². The normalized spacial score (nSPS) is 20.2. The summed E-state index contributed by atoms with van der Waals surface area (Å²) in [6.45, 7) is 9.53. The second-order valence-electron chi connectivity index (χ2n) is 9.75. The Hall–Kier alpha value is -1.83. The Kier molecular flexibility index (Phi) is 4.13. The summed E-state index contributed by atoms with van der Waals surface area (Å²) in [6.07, 6.45) is 6.98. The van der Waals surface area contributed by atoms with Crippen molar-refractivity contribution in [2.24, 2.45) is 10.8 Å². The highest BCUT2D eigenvalue weighted by molar-refractivity contribution is 5.74. The van der Waals surface area contributed by atoms with Crippen LogP contribution in [0.15, 0.2) is 24.3 Å². The molecule has 0 unspecified atom stereocenters. The van der Waals surface area contributed by atoms with Crippen LogP contribution in [0.1, 0.15) is 63.1 Å². The van der Waals surface area contributed by atoms with E-state index in [1.54, 1.807) is 7.11 Å². The van der Waals surface area contributed by atoms with Gasteiger partial charge in [-0.05, 0) is 83.7 Å². The van der Waals surface area contributed by atoms with E-state index in [0.717, 1.165) is 31.4 Å². The van der Waals surface area contributed by atoms with E-state index in [9.17, 15) is 0 Å². The molecular weight excluding hydrogens is 318 g/mol. The molecule has 0 amide bonds. The summed E-state index contributed by atoms with van der Waals surface area (Å²) in [7, 11) is 1.73. The second kappa shape index (κ2) is 6.11. The molecule has 0 atom stereocenters. The maximum atomic E-state index is 5.37. The predicted molar refractivity (Wildman–Crippen MR) is 108 cm³/mol. The van der Waals surface area contributed by atoms with E-state index in [2.05, 4.69) is 52.0 Å². The smallest absolute Gasteiger partial charge is 0.118 e. The van der Waals surface area contributed by atoms with Gasteiger partial charge < -0.3 is 4.74 Å². The first-order valence-corrected chi connectivity index (χ1v) is 9.96. The molecule has 0 bridgehead atoms. The number of benzene rings is 1. The zero-order valence-electron chi connectivity index (χ0n) is 16.9. The molecule has 26 heavy (non-hydrogen) atoms. The topological polar surface area (TPSA) is 22.1 Å². The number of hydrogen-bond acceptors (Lipinski definition) is 2. The van der Waals surface area contributed by atoms with Gasteiger partial charge in [-0.25, -0.2) is 0 Å². The first-order valence-electron chi connectivity index (χ1n) is 9.96. The van der Waals surface area contributed by atoms with Crippen LogP contribution in [0.2, 0.25) is 0 Å². The van der Waals surface area contributed by atoms with Crippen LogP contribution in [-0.2, 0) is 25.7 Å². The van der Waals surface area contributed by atoms with Crippen molar-refractivity contribution in [1.82, 2.24) is 4.98 Å². The Morgan fingerprint density at radius 3 is 1.77 bits per heavy atom. The van der Waals surface area contributed by atoms with Crippen LogP contribution >= 0.6 is 0 Å². The molecule has 0 aliphatic heterocycles. The highest BCUT2D eigenvalue weighted by Gasteiger charge is 2.34. The number of methoxy groups -OCH3 is 1. The molecule has 2 aliphatic carbocycles. The number of nitrogens with zero attached hydrogens (tertiary/aromatic N) is 1. The number of ether oxygens (including phenoxy) is 1. The van der Waals surface area contributed by atoms with Gasteiger partial charge in [0.25, 0.3) is 0 Å². The Morgan fingerprint density at radius 1 is 0.808 bits per heavy atom. The van der Waals surface area contributed by atoms with Crippen molar-refractivity contribution in [2.45, 2.75) is 66.2 Å². The number of fused-ring (bicyclic) bond motifs is 2. The van der Waals surface area contributed by atoms with E-state index in [1.807, 2.05) is 0 Å². The van der Waals surface area contributed by atoms with E-state index in [1.165, 1.54) is 46.5 Å². The fraction of sp³-hybridized carbons (Fsp3) is 0.542. The van der Waals surface area contributed by atoms with Crippen LogP contribution in [0.4, 0.5) is 0 Å². The molecule has 2 aliphatic rings. The lowest BCUT2D eigenvalue weighted by Crippen LogP contribution is -2.29. The van der Waals surface area contributed by atoms with E-state index in [-0.39, 0.29) is 0 Å². The van der Waals surface area contributed by atoms with Crippen LogP contribution in [0.5, 0.6) is 5.75 Å². The minimum atomic E-state index is 0.357. The van der Waals surface area contributed by atoms with Gasteiger partial charge in [-0.3, -0.25) is 4.98 Å². The molecule has 2 nitrogen and oxygen atoms in total. The van der Waals surface area contributed by atoms with E-state index >= 15 is 0 Å². The number of aromatic nitrogens is 1. The average molecular weight is 350 g/mol. The van der Waals surface area contributed by atoms with Gasteiger partial charge in [0.2, 0.25) is 0 Å². The fourth-order valence-electron chi connectivity index (χ4n) is 4.72. The van der Waals surface area contributed by atoms with Crippen LogP contribution in [0.3, 0.4) is 0 Å². The zero-order valence-corrected chi connectivity index (χ0v) is 16.9. The van der Waals surface area contributed by atoms with Gasteiger partial charge in [-0.2, -0.15) is 0 Å². The molecule has 2 aromatic rings. The molecule has 138 valence electrons. The Labute approximate surface area is 158 Å². The third-order valence-electron chi connectivity index (χ3n) is 6.34. The zero-order chi connectivity index (χ0) is 18.5. The Morgan fingerprint density at radius 2 is 1.31 bits per heavy atom. The largest absolute Gasteiger partial charge is 0.497 e. The van der Waals surface area contributed by atoms with Gasteiger partial charge in [-0.1, -0.05) is 39.8 Å². The molecule has 1 aromatic carbocycles. The summed E-state index contributed by atoms with van der Waals surface area (Å²) in [4.78, 5) is 5.24. The summed E-state index contributed by atoms with van der Waals surface area (Å²) in [6, 6.07) is 8.64. The van der Waals surface area contributed by atoms with Gasteiger partial charge in [0, 0.05) is 11.4 Å². The van der Waals surface area contributed by atoms with Crippen molar-refractivity contribution in [2.75, 3.05) is 7.11 Å². The van der Waals surface area contributed by atoms with Crippen molar-refractivity contribution < 1.29 is 4.74 Å². The minimum absolute atomic E-state index is 0.357. The van der Waals surface area contributed by atoms with E-state index in [0.29, 0.717) is 10.8 Å². The molecule has 4 rings (SSSR count). The summed E-state index contributed by atoms with van der Waals surface area (Å²) in [5, 5.41) is 0. The monoisotopic (exact) mass is 349 g/mol. The van der Waals surface area contributed by atoms with Gasteiger partial charge in [0.05, 0.1) is 7.11 Å². The Balaban J connectivity index is 1.90. The highest BCUT2D eigenvalue weighted by Crippen LogP contribution is 2.44. The van der Waals surface area contributed by atoms with E-state index in [4.69, 9.17) is 9.72 Å². The maximum absolute atomic E-state index is 5.37. The lowest BCUT2D eigenvalue weighted by molar-refractivity contribution is 0.298. The molecule has 0 N–H and O–H groups in total. The molecule has 2 heteroatoms. The summed E-state index contributed by atoms with van der Waals surface area (Å²) >= 11 is 0. The van der Waals surface area contributed by atoms with Crippen molar-refractivity contribution >= 4 is 0 Å². The Bertz CT molecular complexity index is 786. The SMILES string of the molecule is COc1ccc(-c2c3c(nc4c2CCC(C)(C)C4)CC(C)(C)CC3)cc1.